The van der Waals surface area contributed by atoms with Crippen LogP contribution < -0.4 is 11.5 Å². The van der Waals surface area contributed by atoms with Gasteiger partial charge in [-0.05, 0) is 24.6 Å². The zero-order valence-corrected chi connectivity index (χ0v) is 7.60. The zero-order chi connectivity index (χ0) is 10.9. The molecule has 0 aliphatic rings. The maximum atomic E-state index is 12.4. The summed E-state index contributed by atoms with van der Waals surface area (Å²) in [5, 5.41) is 0. The molecule has 1 unspecified atom stereocenters. The number of halogens is 3. The average Bonchev–Trinajstić information content (AvgIpc) is 2.02. The lowest BCUT2D eigenvalue weighted by atomic mass is 10.0. The first kappa shape index (κ1) is 10.8. The molecule has 0 aliphatic carbocycles. The number of alkyl halides is 3. The van der Waals surface area contributed by atoms with Gasteiger partial charge in [0.25, 0.3) is 0 Å². The summed E-state index contributed by atoms with van der Waals surface area (Å²) < 4.78 is 37.1. The van der Waals surface area contributed by atoms with Crippen LogP contribution >= 0.6 is 0 Å². The van der Waals surface area contributed by atoms with Gasteiger partial charge in [-0.25, -0.2) is 0 Å². The molecule has 2 nitrogen and oxygen atoms in total. The molecule has 0 saturated heterocycles. The highest BCUT2D eigenvalue weighted by Gasteiger charge is 2.33. The molecule has 1 rings (SSSR count). The summed E-state index contributed by atoms with van der Waals surface area (Å²) in [6.07, 6.45) is -4.42. The number of nitrogens with two attached hydrogens (primary N) is 2. The Hall–Kier alpha value is -1.23. The van der Waals surface area contributed by atoms with Crippen molar-refractivity contribution in [1.29, 1.82) is 0 Å². The van der Waals surface area contributed by atoms with Crippen LogP contribution in [0.15, 0.2) is 18.2 Å². The Labute approximate surface area is 79.7 Å². The maximum Gasteiger partial charge on any atom is 0.418 e. The Morgan fingerprint density at radius 2 is 1.86 bits per heavy atom. The molecule has 0 aliphatic heterocycles. The molecular formula is C9H11F3N2. The van der Waals surface area contributed by atoms with E-state index in [9.17, 15) is 13.2 Å². The fourth-order valence-corrected chi connectivity index (χ4v) is 1.10. The summed E-state index contributed by atoms with van der Waals surface area (Å²) in [4.78, 5) is 0. The topological polar surface area (TPSA) is 52.0 Å². The molecule has 0 spiro atoms. The van der Waals surface area contributed by atoms with E-state index in [1.807, 2.05) is 0 Å². The van der Waals surface area contributed by atoms with Crippen LogP contribution in [0.25, 0.3) is 0 Å². The van der Waals surface area contributed by atoms with Gasteiger partial charge in [0.1, 0.15) is 0 Å². The van der Waals surface area contributed by atoms with E-state index in [2.05, 4.69) is 0 Å². The quantitative estimate of drug-likeness (QED) is 0.689. The van der Waals surface area contributed by atoms with Crippen LogP contribution in [-0.4, -0.2) is 0 Å². The molecule has 0 bridgehead atoms. The zero-order valence-electron chi connectivity index (χ0n) is 7.60. The van der Waals surface area contributed by atoms with Gasteiger partial charge in [-0.3, -0.25) is 0 Å². The fourth-order valence-electron chi connectivity index (χ4n) is 1.10. The van der Waals surface area contributed by atoms with Crippen LogP contribution in [-0.2, 0) is 6.18 Å². The number of anilines is 1. The van der Waals surface area contributed by atoms with Crippen molar-refractivity contribution in [3.8, 4) is 0 Å². The van der Waals surface area contributed by atoms with E-state index < -0.39 is 17.8 Å². The largest absolute Gasteiger partial charge is 0.418 e. The SMILES string of the molecule is CC(N)c1ccc(N)c(C(F)(F)F)c1. The van der Waals surface area contributed by atoms with Gasteiger partial charge in [0, 0.05) is 11.7 Å². The van der Waals surface area contributed by atoms with Crippen molar-refractivity contribution in [3.05, 3.63) is 29.3 Å². The molecule has 0 saturated carbocycles. The molecule has 0 aromatic heterocycles. The summed E-state index contributed by atoms with van der Waals surface area (Å²) in [7, 11) is 0. The number of hydrogen-bond acceptors (Lipinski definition) is 2. The lowest BCUT2D eigenvalue weighted by Crippen LogP contribution is -2.12. The monoisotopic (exact) mass is 204 g/mol. The van der Waals surface area contributed by atoms with E-state index in [0.717, 1.165) is 6.07 Å². The summed E-state index contributed by atoms with van der Waals surface area (Å²) in [5.74, 6) is 0. The minimum absolute atomic E-state index is 0.276. The molecule has 0 radical (unpaired) electrons. The van der Waals surface area contributed by atoms with E-state index >= 15 is 0 Å². The third kappa shape index (κ3) is 2.17. The summed E-state index contributed by atoms with van der Waals surface area (Å²) in [6.45, 7) is 1.62. The van der Waals surface area contributed by atoms with Crippen LogP contribution in [0, 0.1) is 0 Å². The molecule has 1 atom stereocenters. The Morgan fingerprint density at radius 1 is 1.29 bits per heavy atom. The molecular weight excluding hydrogens is 193 g/mol. The van der Waals surface area contributed by atoms with E-state index in [-0.39, 0.29) is 5.69 Å². The van der Waals surface area contributed by atoms with Crippen molar-refractivity contribution in [2.24, 2.45) is 5.73 Å². The van der Waals surface area contributed by atoms with E-state index in [1.165, 1.54) is 12.1 Å². The van der Waals surface area contributed by atoms with Gasteiger partial charge >= 0.3 is 6.18 Å². The number of rotatable bonds is 1. The number of hydrogen-bond donors (Lipinski definition) is 2. The van der Waals surface area contributed by atoms with Crippen LogP contribution in [0.2, 0.25) is 0 Å². The molecule has 14 heavy (non-hydrogen) atoms. The van der Waals surface area contributed by atoms with E-state index in [4.69, 9.17) is 11.5 Å². The highest BCUT2D eigenvalue weighted by atomic mass is 19.4. The molecule has 0 heterocycles. The third-order valence-electron chi connectivity index (χ3n) is 1.91. The first-order valence-corrected chi connectivity index (χ1v) is 4.04. The Morgan fingerprint density at radius 3 is 2.29 bits per heavy atom. The summed E-state index contributed by atoms with van der Waals surface area (Å²) >= 11 is 0. The first-order valence-electron chi connectivity index (χ1n) is 4.04. The second-order valence-electron chi connectivity index (χ2n) is 3.13. The van der Waals surface area contributed by atoms with Crippen molar-refractivity contribution in [1.82, 2.24) is 0 Å². The van der Waals surface area contributed by atoms with Crippen LogP contribution in [0.3, 0.4) is 0 Å². The fraction of sp³-hybridized carbons (Fsp3) is 0.333. The Kier molecular flexibility index (Phi) is 2.71. The van der Waals surface area contributed by atoms with Gasteiger partial charge in [-0.1, -0.05) is 6.07 Å². The van der Waals surface area contributed by atoms with Gasteiger partial charge < -0.3 is 11.5 Å². The minimum Gasteiger partial charge on any atom is -0.398 e. The van der Waals surface area contributed by atoms with Crippen LogP contribution in [0.5, 0.6) is 0 Å². The van der Waals surface area contributed by atoms with Crippen LogP contribution in [0.1, 0.15) is 24.1 Å². The lowest BCUT2D eigenvalue weighted by molar-refractivity contribution is -0.136. The number of benzene rings is 1. The molecule has 5 heteroatoms. The second kappa shape index (κ2) is 3.49. The standard InChI is InChI=1S/C9H11F3N2/c1-5(13)6-2-3-8(14)7(4-6)9(10,11)12/h2-5H,13-14H2,1H3. The van der Waals surface area contributed by atoms with E-state index in [1.54, 1.807) is 6.92 Å². The molecule has 0 amide bonds. The van der Waals surface area contributed by atoms with Crippen molar-refractivity contribution in [2.75, 3.05) is 5.73 Å². The van der Waals surface area contributed by atoms with Crippen molar-refractivity contribution < 1.29 is 13.2 Å². The van der Waals surface area contributed by atoms with Crippen molar-refractivity contribution in [3.63, 3.8) is 0 Å². The summed E-state index contributed by atoms with van der Waals surface area (Å²) in [6, 6.07) is 3.27. The predicted molar refractivity (Wildman–Crippen MR) is 48.5 cm³/mol. The average molecular weight is 204 g/mol. The highest BCUT2D eigenvalue weighted by molar-refractivity contribution is 5.50. The Balaban J connectivity index is 3.22. The van der Waals surface area contributed by atoms with Crippen molar-refractivity contribution >= 4 is 5.69 Å². The second-order valence-corrected chi connectivity index (χ2v) is 3.13. The van der Waals surface area contributed by atoms with Crippen LogP contribution in [0.4, 0.5) is 18.9 Å². The molecule has 1 aromatic rings. The lowest BCUT2D eigenvalue weighted by Gasteiger charge is -2.13. The molecule has 1 aromatic carbocycles. The highest BCUT2D eigenvalue weighted by Crippen LogP contribution is 2.34. The molecule has 0 fully saturated rings. The van der Waals surface area contributed by atoms with Gasteiger partial charge in [0.05, 0.1) is 5.56 Å². The molecule has 78 valence electrons. The summed E-state index contributed by atoms with van der Waals surface area (Å²) in [5.41, 5.74) is 10.0. The van der Waals surface area contributed by atoms with Gasteiger partial charge in [0.2, 0.25) is 0 Å². The normalized spacial score (nSPS) is 14.1. The predicted octanol–water partition coefficient (Wildman–Crippen LogP) is 2.31. The Bertz CT molecular complexity index is 331. The van der Waals surface area contributed by atoms with E-state index in [0.29, 0.717) is 5.56 Å². The molecule has 4 N–H and O–H groups in total. The third-order valence-corrected chi connectivity index (χ3v) is 1.91. The number of nitrogen functional groups attached to an aromatic ring is 1. The van der Waals surface area contributed by atoms with Gasteiger partial charge in [-0.15, -0.1) is 0 Å². The minimum atomic E-state index is -4.42. The van der Waals surface area contributed by atoms with Gasteiger partial charge in [0.15, 0.2) is 0 Å². The smallest absolute Gasteiger partial charge is 0.398 e. The first-order chi connectivity index (χ1) is 6.32. The maximum absolute atomic E-state index is 12.4. The van der Waals surface area contributed by atoms with Gasteiger partial charge in [-0.2, -0.15) is 13.2 Å². The van der Waals surface area contributed by atoms with Crippen molar-refractivity contribution in [2.45, 2.75) is 19.1 Å².